The van der Waals surface area contributed by atoms with Crippen molar-refractivity contribution in [2.75, 3.05) is 5.32 Å². The van der Waals surface area contributed by atoms with Gasteiger partial charge in [-0.25, -0.2) is 23.1 Å². The molecular formula is C13H12Br2N2O6S. The third-order valence-electron chi connectivity index (χ3n) is 2.82. The number of rotatable bonds is 3. The summed E-state index contributed by atoms with van der Waals surface area (Å²) >= 11 is 6.38. The molecule has 1 heterocycles. The number of esters is 2. The van der Waals surface area contributed by atoms with Gasteiger partial charge in [-0.2, -0.15) is 0 Å². The zero-order valence-electron chi connectivity index (χ0n) is 12.4. The maximum absolute atomic E-state index is 11.8. The number of nitrogens with one attached hydrogen (secondary N) is 1. The number of benzene rings is 1. The summed E-state index contributed by atoms with van der Waals surface area (Å²) in [5.74, 6) is -3.00. The van der Waals surface area contributed by atoms with Crippen LogP contribution in [0.1, 0.15) is 13.8 Å². The van der Waals surface area contributed by atoms with Crippen molar-refractivity contribution in [1.82, 2.24) is 0 Å². The van der Waals surface area contributed by atoms with Crippen molar-refractivity contribution in [1.29, 1.82) is 0 Å². The molecule has 130 valence electrons. The van der Waals surface area contributed by atoms with Crippen LogP contribution in [0.3, 0.4) is 0 Å². The lowest BCUT2D eigenvalue weighted by Gasteiger charge is -2.29. The average Bonchev–Trinajstić information content (AvgIpc) is 2.37. The van der Waals surface area contributed by atoms with Gasteiger partial charge in [-0.3, -0.25) is 0 Å². The van der Waals surface area contributed by atoms with Gasteiger partial charge in [0.25, 0.3) is 5.79 Å². The number of sulfonamides is 1. The summed E-state index contributed by atoms with van der Waals surface area (Å²) in [5.41, 5.74) is 0.0454. The number of hydrogen-bond acceptors (Lipinski definition) is 7. The predicted octanol–water partition coefficient (Wildman–Crippen LogP) is 1.99. The van der Waals surface area contributed by atoms with Gasteiger partial charge in [0.05, 0.1) is 10.6 Å². The van der Waals surface area contributed by atoms with Gasteiger partial charge in [0.1, 0.15) is 0 Å². The van der Waals surface area contributed by atoms with Crippen LogP contribution >= 0.6 is 31.9 Å². The molecule has 1 fully saturated rings. The van der Waals surface area contributed by atoms with Crippen molar-refractivity contribution >= 4 is 59.5 Å². The lowest BCUT2D eigenvalue weighted by molar-refractivity contribution is -0.222. The van der Waals surface area contributed by atoms with Gasteiger partial charge < -0.3 is 14.8 Å². The first-order chi connectivity index (χ1) is 10.9. The summed E-state index contributed by atoms with van der Waals surface area (Å²) in [6.45, 7) is 2.87. The van der Waals surface area contributed by atoms with Gasteiger partial charge >= 0.3 is 11.9 Å². The molecule has 0 aliphatic carbocycles. The van der Waals surface area contributed by atoms with Crippen LogP contribution in [0.5, 0.6) is 0 Å². The fourth-order valence-electron chi connectivity index (χ4n) is 1.77. The van der Waals surface area contributed by atoms with Crippen molar-refractivity contribution in [3.8, 4) is 0 Å². The van der Waals surface area contributed by atoms with E-state index in [1.54, 1.807) is 0 Å². The fourth-order valence-corrected chi connectivity index (χ4v) is 4.06. The Kier molecular flexibility index (Phi) is 5.09. The highest BCUT2D eigenvalue weighted by molar-refractivity contribution is 9.11. The van der Waals surface area contributed by atoms with E-state index >= 15 is 0 Å². The minimum Gasteiger partial charge on any atom is -0.419 e. The Bertz CT molecular complexity index is 818. The SMILES string of the molecule is CC1(C)OC(=O)C(=CNc2c(Br)cc(S(N)(=O)=O)cc2Br)C(=O)O1. The molecule has 0 unspecified atom stereocenters. The highest BCUT2D eigenvalue weighted by Gasteiger charge is 2.39. The van der Waals surface area contributed by atoms with E-state index in [1.165, 1.54) is 26.0 Å². The first kappa shape index (κ1) is 18.9. The topological polar surface area (TPSA) is 125 Å². The quantitative estimate of drug-likeness (QED) is 0.382. The molecule has 11 heteroatoms. The molecule has 0 spiro atoms. The molecule has 2 rings (SSSR count). The van der Waals surface area contributed by atoms with Crippen LogP contribution in [0.2, 0.25) is 0 Å². The molecule has 0 saturated carbocycles. The van der Waals surface area contributed by atoms with Crippen LogP contribution in [0, 0.1) is 0 Å². The summed E-state index contributed by atoms with van der Waals surface area (Å²) in [5, 5.41) is 7.80. The monoisotopic (exact) mass is 482 g/mol. The minimum atomic E-state index is -3.88. The molecule has 1 aliphatic heterocycles. The average molecular weight is 484 g/mol. The number of carbonyl (C=O) groups is 2. The highest BCUT2D eigenvalue weighted by Crippen LogP contribution is 2.34. The van der Waals surface area contributed by atoms with E-state index in [0.717, 1.165) is 6.20 Å². The summed E-state index contributed by atoms with van der Waals surface area (Å²) in [4.78, 5) is 23.6. The summed E-state index contributed by atoms with van der Waals surface area (Å²) in [7, 11) is -3.88. The molecule has 0 amide bonds. The maximum atomic E-state index is 11.8. The van der Waals surface area contributed by atoms with E-state index in [-0.39, 0.29) is 10.5 Å². The van der Waals surface area contributed by atoms with Crippen molar-refractivity contribution in [2.45, 2.75) is 24.5 Å². The van der Waals surface area contributed by atoms with E-state index in [2.05, 4.69) is 37.2 Å². The molecule has 24 heavy (non-hydrogen) atoms. The molecule has 0 bridgehead atoms. The molecule has 8 nitrogen and oxygen atoms in total. The Morgan fingerprint density at radius 2 is 1.58 bits per heavy atom. The van der Waals surface area contributed by atoms with Gasteiger partial charge in [0.2, 0.25) is 10.0 Å². The first-order valence-corrected chi connectivity index (χ1v) is 9.49. The summed E-state index contributed by atoms with van der Waals surface area (Å²) in [6.07, 6.45) is 1.11. The standard InChI is InChI=1S/C13H12Br2N2O6S/c1-13(2)22-11(18)7(12(19)23-13)5-17-10-8(14)3-6(4-9(10)15)24(16,20)21/h3-5,17H,1-2H3,(H2,16,20,21). The zero-order chi connectivity index (χ0) is 18.3. The zero-order valence-corrected chi connectivity index (χ0v) is 16.4. The van der Waals surface area contributed by atoms with E-state index in [0.29, 0.717) is 14.6 Å². The summed E-state index contributed by atoms with van der Waals surface area (Å²) < 4.78 is 33.4. The van der Waals surface area contributed by atoms with Crippen molar-refractivity contribution in [2.24, 2.45) is 5.14 Å². The van der Waals surface area contributed by atoms with Crippen molar-refractivity contribution in [3.63, 3.8) is 0 Å². The minimum absolute atomic E-state index is 0.113. The van der Waals surface area contributed by atoms with Gasteiger partial charge in [-0.15, -0.1) is 0 Å². The van der Waals surface area contributed by atoms with Crippen LogP contribution in [0.25, 0.3) is 0 Å². The Labute approximate surface area is 154 Å². The number of primary sulfonamides is 1. The number of cyclic esters (lactones) is 2. The molecule has 1 aliphatic rings. The Balaban J connectivity index is 2.33. The second kappa shape index (κ2) is 6.47. The molecule has 0 radical (unpaired) electrons. The number of halogens is 2. The molecule has 1 aromatic rings. The molecular weight excluding hydrogens is 472 g/mol. The molecule has 0 atom stereocenters. The number of nitrogens with two attached hydrogens (primary N) is 1. The van der Waals surface area contributed by atoms with Crippen molar-refractivity contribution < 1.29 is 27.5 Å². The molecule has 1 aromatic carbocycles. The first-order valence-electron chi connectivity index (χ1n) is 6.36. The highest BCUT2D eigenvalue weighted by atomic mass is 79.9. The Morgan fingerprint density at radius 1 is 1.12 bits per heavy atom. The largest absolute Gasteiger partial charge is 0.419 e. The van der Waals surface area contributed by atoms with Crippen LogP contribution in [-0.2, 0) is 29.1 Å². The van der Waals surface area contributed by atoms with Gasteiger partial charge in [0, 0.05) is 29.0 Å². The molecule has 0 aromatic heterocycles. The van der Waals surface area contributed by atoms with Crippen LogP contribution in [0.4, 0.5) is 5.69 Å². The van der Waals surface area contributed by atoms with Crippen molar-refractivity contribution in [3.05, 3.63) is 32.9 Å². The molecule has 3 N–H and O–H groups in total. The van der Waals surface area contributed by atoms with Crippen LogP contribution in [-0.4, -0.2) is 26.1 Å². The van der Waals surface area contributed by atoms with E-state index in [9.17, 15) is 18.0 Å². The Hall–Kier alpha value is -1.43. The Morgan fingerprint density at radius 3 is 2.00 bits per heavy atom. The molecule has 1 saturated heterocycles. The van der Waals surface area contributed by atoms with Gasteiger partial charge in [-0.05, 0) is 44.0 Å². The van der Waals surface area contributed by atoms with Crippen LogP contribution in [0.15, 0.2) is 37.7 Å². The predicted molar refractivity (Wildman–Crippen MR) is 91.2 cm³/mol. The van der Waals surface area contributed by atoms with E-state index in [4.69, 9.17) is 14.6 Å². The third kappa shape index (κ3) is 4.15. The second-order valence-electron chi connectivity index (χ2n) is 5.19. The maximum Gasteiger partial charge on any atom is 0.350 e. The van der Waals surface area contributed by atoms with E-state index < -0.39 is 27.7 Å². The second-order valence-corrected chi connectivity index (χ2v) is 8.46. The number of carbonyl (C=O) groups excluding carboxylic acids is 2. The lowest BCUT2D eigenvalue weighted by Crippen LogP contribution is -2.42. The van der Waals surface area contributed by atoms with Gasteiger partial charge in [0.15, 0.2) is 5.57 Å². The number of hydrogen-bond donors (Lipinski definition) is 2. The smallest absolute Gasteiger partial charge is 0.350 e. The third-order valence-corrected chi connectivity index (χ3v) is 4.97. The fraction of sp³-hybridized carbons (Fsp3) is 0.231. The number of anilines is 1. The van der Waals surface area contributed by atoms with Crippen LogP contribution < -0.4 is 10.5 Å². The normalized spacial score (nSPS) is 17.1. The summed E-state index contributed by atoms with van der Waals surface area (Å²) in [6, 6.07) is 2.56. The van der Waals surface area contributed by atoms with E-state index in [1.807, 2.05) is 0 Å². The lowest BCUT2D eigenvalue weighted by atomic mass is 10.2. The van der Waals surface area contributed by atoms with Gasteiger partial charge in [-0.1, -0.05) is 0 Å². The number of ether oxygens (including phenoxy) is 2.